The van der Waals surface area contributed by atoms with Crippen molar-refractivity contribution >= 4 is 11.8 Å². The van der Waals surface area contributed by atoms with Crippen molar-refractivity contribution in [1.82, 2.24) is 0 Å². The molecule has 78 heavy (non-hydrogen) atoms. The third kappa shape index (κ3) is 11.8. The summed E-state index contributed by atoms with van der Waals surface area (Å²) in [5.41, 5.74) is 1.23. The van der Waals surface area contributed by atoms with Crippen LogP contribution in [0.15, 0.2) is 11.6 Å². The van der Waals surface area contributed by atoms with Crippen LogP contribution in [0.4, 0.5) is 0 Å². The van der Waals surface area contributed by atoms with Crippen molar-refractivity contribution in [3.8, 4) is 0 Å². The van der Waals surface area contributed by atoms with Gasteiger partial charge in [-0.15, -0.1) is 0 Å². The minimum Gasteiger partial charge on any atom is -0.454 e. The summed E-state index contributed by atoms with van der Waals surface area (Å²) in [7, 11) is 6.47. The molecule has 21 heteroatoms. The van der Waals surface area contributed by atoms with Crippen LogP contribution < -0.4 is 0 Å². The van der Waals surface area contributed by atoms with Crippen molar-refractivity contribution in [2.75, 3.05) is 35.0 Å². The third-order valence-corrected chi connectivity index (χ3v) is 19.9. The zero-order valence-corrected chi connectivity index (χ0v) is 47.9. The van der Waals surface area contributed by atoms with Crippen LogP contribution in [0.3, 0.4) is 0 Å². The summed E-state index contributed by atoms with van der Waals surface area (Å²) in [6, 6.07) is 0. The smallest absolute Gasteiger partial charge is 0.303 e. The highest BCUT2D eigenvalue weighted by Crippen LogP contribution is 2.66. The van der Waals surface area contributed by atoms with Gasteiger partial charge in [-0.3, -0.25) is 9.59 Å². The Morgan fingerprint density at radius 1 is 0.654 bits per heavy atom. The van der Waals surface area contributed by atoms with Gasteiger partial charge in [0.15, 0.2) is 43.3 Å². The first-order valence-corrected chi connectivity index (χ1v) is 28.9. The van der Waals surface area contributed by atoms with E-state index in [0.717, 1.165) is 44.9 Å². The predicted molar refractivity (Wildman–Crippen MR) is 274 cm³/mol. The molecule has 5 aliphatic heterocycles. The topological polar surface area (TPSA) is 254 Å². The molecule has 0 radical (unpaired) electrons. The molecule has 0 unspecified atom stereocenters. The van der Waals surface area contributed by atoms with Crippen LogP contribution in [0, 0.1) is 34.5 Å². The van der Waals surface area contributed by atoms with Gasteiger partial charge in [0.2, 0.25) is 0 Å². The number of allylic oxidation sites excluding steroid dienone is 1. The fourth-order valence-electron chi connectivity index (χ4n) is 15.8. The number of carbonyl (C=O) groups is 2. The zero-order chi connectivity index (χ0) is 56.1. The average molecular weight is 1110 g/mol. The summed E-state index contributed by atoms with van der Waals surface area (Å²) in [6.07, 6.45) is -6.19. The third-order valence-electron chi connectivity index (χ3n) is 19.9. The van der Waals surface area contributed by atoms with Crippen LogP contribution in [-0.4, -0.2) is 209 Å². The van der Waals surface area contributed by atoms with Gasteiger partial charge in [0.05, 0.1) is 61.5 Å². The largest absolute Gasteiger partial charge is 0.454 e. The lowest BCUT2D eigenvalue weighted by Gasteiger charge is -2.57. The molecule has 0 aromatic carbocycles. The van der Waals surface area contributed by atoms with Crippen molar-refractivity contribution in [1.29, 1.82) is 0 Å². The lowest BCUT2D eigenvalue weighted by molar-refractivity contribution is -0.358. The number of hydrogen-bond acceptors (Lipinski definition) is 21. The molecule has 5 saturated heterocycles. The Morgan fingerprint density at radius 2 is 1.13 bits per heavy atom. The number of fused-ring (bicyclic) bond motifs is 5. The first-order chi connectivity index (χ1) is 37.2. The Morgan fingerprint density at radius 3 is 1.58 bits per heavy atom. The van der Waals surface area contributed by atoms with Crippen LogP contribution >= 0.6 is 0 Å². The SMILES string of the molecule is CC[C@@H]1[C@H](OC(C)=O)C(=O)[C@@H]2[C@@H]3CC=C4C[C@@H](O[C@H]5C[C@H](OC)[C@H](O[C@H]6C[C@H](OC)[C@H](O[C@H]7C[C@@H](OC)[C@H](O[C@H]8C[C@@H](OC)[C@H](O[C@@H]9O[C@H](CO)[C@@H](O)[C@H](O)[C@H]9O)[C@@H](C)O8)[C@@H](C)O7)[C@@H](C)O6)[C@@H](C)O5)CC[C@]4(C)[C@H]3CC[C@]12C. The van der Waals surface area contributed by atoms with Gasteiger partial charge in [-0.2, -0.15) is 0 Å². The summed E-state index contributed by atoms with van der Waals surface area (Å²) in [6.45, 7) is 15.2. The molecule has 5 heterocycles. The summed E-state index contributed by atoms with van der Waals surface area (Å²) < 4.78 is 93.9. The van der Waals surface area contributed by atoms with E-state index in [1.807, 2.05) is 20.8 Å². The fourth-order valence-corrected chi connectivity index (χ4v) is 15.8. The summed E-state index contributed by atoms with van der Waals surface area (Å²) in [5, 5.41) is 40.8. The van der Waals surface area contributed by atoms with Gasteiger partial charge < -0.3 is 91.5 Å². The molecule has 0 aromatic rings. The number of esters is 1. The van der Waals surface area contributed by atoms with Gasteiger partial charge >= 0.3 is 5.97 Å². The Hall–Kier alpha value is -1.84. The molecule has 9 rings (SSSR count). The van der Waals surface area contributed by atoms with Crippen molar-refractivity contribution in [3.63, 3.8) is 0 Å². The Balaban J connectivity index is 0.749. The number of Topliss-reactive ketones (excluding diaryl/α,β-unsaturated/α-hetero) is 1. The molecule has 4 N–H and O–H groups in total. The minimum atomic E-state index is -1.59. The van der Waals surface area contributed by atoms with Gasteiger partial charge in [-0.25, -0.2) is 0 Å². The average Bonchev–Trinajstić information content (AvgIpc) is 3.63. The second-order valence-corrected chi connectivity index (χ2v) is 24.3. The van der Waals surface area contributed by atoms with Crippen molar-refractivity contribution in [2.24, 2.45) is 34.5 Å². The van der Waals surface area contributed by atoms with E-state index < -0.39 is 130 Å². The quantitative estimate of drug-likeness (QED) is 0.119. The van der Waals surface area contributed by atoms with E-state index in [-0.39, 0.29) is 65.1 Å². The molecule has 29 atom stereocenters. The second kappa shape index (κ2) is 25.2. The van der Waals surface area contributed by atoms with Crippen LogP contribution in [0.2, 0.25) is 0 Å². The van der Waals surface area contributed by atoms with E-state index in [1.54, 1.807) is 28.3 Å². The molecule has 8 fully saturated rings. The molecule has 0 spiro atoms. The van der Waals surface area contributed by atoms with Crippen LogP contribution in [-0.2, 0) is 80.6 Å². The van der Waals surface area contributed by atoms with Crippen LogP contribution in [0.1, 0.15) is 126 Å². The monoisotopic (exact) mass is 1110 g/mol. The van der Waals surface area contributed by atoms with Gasteiger partial charge in [0.25, 0.3) is 0 Å². The first-order valence-electron chi connectivity index (χ1n) is 28.9. The van der Waals surface area contributed by atoms with E-state index >= 15 is 0 Å². The van der Waals surface area contributed by atoms with E-state index in [9.17, 15) is 30.0 Å². The maximum absolute atomic E-state index is 14.1. The normalized spacial score (nSPS) is 50.7. The first kappa shape index (κ1) is 60.7. The number of aliphatic hydroxyl groups is 4. The molecular weight excluding hydrogens is 1020 g/mol. The van der Waals surface area contributed by atoms with E-state index in [4.69, 9.17) is 71.1 Å². The van der Waals surface area contributed by atoms with Crippen LogP contribution in [0.25, 0.3) is 0 Å². The molecule has 21 nitrogen and oxygen atoms in total. The molecule has 446 valence electrons. The van der Waals surface area contributed by atoms with Crippen molar-refractivity contribution < 1.29 is 101 Å². The van der Waals surface area contributed by atoms with Gasteiger partial charge in [-0.05, 0) is 95.3 Å². The van der Waals surface area contributed by atoms with Crippen molar-refractivity contribution in [2.45, 2.75) is 267 Å². The maximum Gasteiger partial charge on any atom is 0.303 e. The van der Waals surface area contributed by atoms with E-state index in [2.05, 4.69) is 26.8 Å². The van der Waals surface area contributed by atoms with E-state index in [0.29, 0.717) is 25.2 Å². The van der Waals surface area contributed by atoms with Crippen molar-refractivity contribution in [3.05, 3.63) is 11.6 Å². The molecular formula is C57H92O21. The van der Waals surface area contributed by atoms with Crippen LogP contribution in [0.5, 0.6) is 0 Å². The highest BCUT2D eigenvalue weighted by Gasteiger charge is 2.66. The zero-order valence-electron chi connectivity index (χ0n) is 47.9. The predicted octanol–water partition coefficient (Wildman–Crippen LogP) is 4.02. The highest BCUT2D eigenvalue weighted by molar-refractivity contribution is 5.91. The molecule has 0 amide bonds. The number of ketones is 1. The van der Waals surface area contributed by atoms with Gasteiger partial charge in [0, 0.05) is 72.9 Å². The highest BCUT2D eigenvalue weighted by atomic mass is 16.8. The number of methoxy groups -OCH3 is 4. The standard InChI is InChI=1S/C57H92O21/c1-13-34-54(72-30(6)59)47(61)45-33-15-14-31-20-32(16-18-56(31,7)35(33)17-19-57(34,45)8)73-41-21-36(64-9)50(26(2)68-41)75-42-22-37(65-10)51(27(3)69-42)76-43-23-38(66-11)52(28(4)70-43)77-44-24-39(67-12)53(29(5)71-44)78-55-49(63)48(62)46(60)40(25-58)74-55/h14,26-29,32-46,48-55,58,60,62-63H,13,15-25H2,1-12H3/t26-,27-,28-,29-,32+,33-,34-,35+,36+,37+,38-,39-,40-,41+,42+,43+,44+,45+,46-,48+,49-,50-,51-,52-,53-,54+,55+,56+,57-/m1/s1. The molecule has 3 saturated carbocycles. The molecule has 0 bridgehead atoms. The van der Waals surface area contributed by atoms with E-state index in [1.165, 1.54) is 19.6 Å². The Kier molecular flexibility index (Phi) is 19.6. The summed E-state index contributed by atoms with van der Waals surface area (Å²) in [4.78, 5) is 26.3. The van der Waals surface area contributed by atoms with Gasteiger partial charge in [0.1, 0.15) is 48.8 Å². The lowest BCUT2D eigenvalue weighted by atomic mass is 9.47. The number of aliphatic hydroxyl groups excluding tert-OH is 4. The van der Waals surface area contributed by atoms with Gasteiger partial charge in [-0.1, -0.05) is 32.4 Å². The maximum atomic E-state index is 14.1. The second-order valence-electron chi connectivity index (χ2n) is 24.3. The number of carbonyl (C=O) groups excluding carboxylic acids is 2. The summed E-state index contributed by atoms with van der Waals surface area (Å²) >= 11 is 0. The molecule has 0 aromatic heterocycles. The lowest BCUT2D eigenvalue weighted by Crippen LogP contribution is -2.62. The minimum absolute atomic E-state index is 0.0197. The Bertz CT molecular complexity index is 2050. The number of ether oxygens (including phenoxy) is 15. The fraction of sp³-hybridized carbons (Fsp3) is 0.930. The number of hydrogen-bond donors (Lipinski definition) is 4. The summed E-state index contributed by atoms with van der Waals surface area (Å²) in [5.74, 6) is 0.315. The number of rotatable bonds is 17. The molecule has 9 aliphatic rings. The molecule has 4 aliphatic carbocycles. The Labute approximate surface area is 460 Å².